The molecule has 3 rings (SSSR count). The van der Waals surface area contributed by atoms with Crippen LogP contribution in [0.4, 0.5) is 14.9 Å². The van der Waals surface area contributed by atoms with Gasteiger partial charge in [-0.25, -0.2) is 22.6 Å². The highest BCUT2D eigenvalue weighted by Gasteiger charge is 2.31. The second-order valence-electron chi connectivity index (χ2n) is 6.80. The number of fused-ring (bicyclic) bond motifs is 1. The second-order valence-corrected chi connectivity index (χ2v) is 9.06. The van der Waals surface area contributed by atoms with E-state index in [0.29, 0.717) is 11.3 Å². The Kier molecular flexibility index (Phi) is 6.16. The molecule has 0 aromatic heterocycles. The van der Waals surface area contributed by atoms with E-state index < -0.39 is 33.8 Å². The lowest BCUT2D eigenvalue weighted by molar-refractivity contribution is -0.119. The van der Waals surface area contributed by atoms with E-state index >= 15 is 0 Å². The number of benzene rings is 2. The van der Waals surface area contributed by atoms with Crippen molar-refractivity contribution in [3.8, 4) is 0 Å². The summed E-state index contributed by atoms with van der Waals surface area (Å²) in [5.74, 6) is -1.28. The van der Waals surface area contributed by atoms with Gasteiger partial charge in [0.05, 0.1) is 17.2 Å². The number of rotatable bonds is 5. The molecular weight excluding hydrogens is 411 g/mol. The maximum atomic E-state index is 14.5. The molecule has 10 heteroatoms. The molecule has 0 fully saturated rings. The highest BCUT2D eigenvalue weighted by molar-refractivity contribution is 7.90. The van der Waals surface area contributed by atoms with Crippen LogP contribution < -0.4 is 15.5 Å². The number of benzodiazepines with no additional fused rings is 1. The maximum absolute atomic E-state index is 14.5. The number of nitrogens with one attached hydrogen (secondary N) is 2. The van der Waals surface area contributed by atoms with Crippen molar-refractivity contribution in [1.29, 1.82) is 0 Å². The summed E-state index contributed by atoms with van der Waals surface area (Å²) in [7, 11) is -1.71. The van der Waals surface area contributed by atoms with Crippen LogP contribution in [0.5, 0.6) is 0 Å². The number of para-hydroxylation sites is 1. The molecule has 0 saturated heterocycles. The minimum atomic E-state index is -3.25. The van der Waals surface area contributed by atoms with Gasteiger partial charge in [-0.1, -0.05) is 30.3 Å². The van der Waals surface area contributed by atoms with Crippen molar-refractivity contribution in [2.24, 2.45) is 4.99 Å². The number of anilines is 1. The first-order valence-electron chi connectivity index (χ1n) is 9.09. The summed E-state index contributed by atoms with van der Waals surface area (Å²) in [5.41, 5.74) is 1.48. The summed E-state index contributed by atoms with van der Waals surface area (Å²) in [4.78, 5) is 30.9. The number of sulfone groups is 1. The zero-order valence-corrected chi connectivity index (χ0v) is 17.2. The first-order valence-corrected chi connectivity index (χ1v) is 11.1. The molecular formula is C20H21FN4O4S. The van der Waals surface area contributed by atoms with Crippen molar-refractivity contribution in [1.82, 2.24) is 10.6 Å². The average molecular weight is 432 g/mol. The molecule has 1 aliphatic rings. The Morgan fingerprint density at radius 2 is 1.77 bits per heavy atom. The van der Waals surface area contributed by atoms with Gasteiger partial charge >= 0.3 is 6.03 Å². The van der Waals surface area contributed by atoms with Crippen LogP contribution in [0.25, 0.3) is 0 Å². The number of likely N-dealkylation sites (N-methyl/N-ethyl adjacent to an activating group) is 1. The number of hydrogen-bond acceptors (Lipinski definition) is 5. The lowest BCUT2D eigenvalue weighted by Crippen LogP contribution is -2.50. The summed E-state index contributed by atoms with van der Waals surface area (Å²) < 4.78 is 36.9. The Hall–Kier alpha value is -3.27. The van der Waals surface area contributed by atoms with Crippen molar-refractivity contribution in [2.75, 3.05) is 30.5 Å². The molecule has 2 N–H and O–H groups in total. The van der Waals surface area contributed by atoms with E-state index in [1.165, 1.54) is 18.0 Å². The number of hydrogen-bond donors (Lipinski definition) is 2. The standard InChI is InChI=1S/C20H21FN4O4S/c1-25-16-10-6-4-8-14(16)17(13-7-3-5-9-15(13)21)23-18(19(25)26)24-20(27)22-11-12-30(2,28)29/h3-10,18H,11-12H2,1-2H3,(H2,22,24,27). The van der Waals surface area contributed by atoms with Crippen molar-refractivity contribution >= 4 is 33.2 Å². The molecule has 30 heavy (non-hydrogen) atoms. The molecule has 0 bridgehead atoms. The van der Waals surface area contributed by atoms with E-state index in [1.807, 2.05) is 0 Å². The molecule has 2 aromatic rings. The van der Waals surface area contributed by atoms with Gasteiger partial charge < -0.3 is 15.5 Å². The summed E-state index contributed by atoms with van der Waals surface area (Å²) in [5, 5.41) is 4.82. The number of carbonyl (C=O) groups is 2. The first-order chi connectivity index (χ1) is 14.2. The van der Waals surface area contributed by atoms with Gasteiger partial charge in [0.15, 0.2) is 0 Å². The van der Waals surface area contributed by atoms with E-state index in [2.05, 4.69) is 15.6 Å². The number of carbonyl (C=O) groups excluding carboxylic acids is 2. The molecule has 0 spiro atoms. The van der Waals surface area contributed by atoms with Crippen molar-refractivity contribution < 1.29 is 22.4 Å². The molecule has 1 atom stereocenters. The summed E-state index contributed by atoms with van der Waals surface area (Å²) >= 11 is 0. The molecule has 0 radical (unpaired) electrons. The normalized spacial score (nSPS) is 16.4. The molecule has 2 aromatic carbocycles. The van der Waals surface area contributed by atoms with Crippen LogP contribution in [0.2, 0.25) is 0 Å². The van der Waals surface area contributed by atoms with Crippen molar-refractivity contribution in [2.45, 2.75) is 6.17 Å². The maximum Gasteiger partial charge on any atom is 0.316 e. The Morgan fingerprint density at radius 1 is 1.13 bits per heavy atom. The van der Waals surface area contributed by atoms with Gasteiger partial charge in [-0.15, -0.1) is 0 Å². The fraction of sp³-hybridized carbons (Fsp3) is 0.250. The zero-order valence-electron chi connectivity index (χ0n) is 16.4. The molecule has 8 nitrogen and oxygen atoms in total. The van der Waals surface area contributed by atoms with E-state index in [4.69, 9.17) is 0 Å². The largest absolute Gasteiger partial charge is 0.337 e. The molecule has 158 valence electrons. The number of nitrogens with zero attached hydrogens (tertiary/aromatic N) is 2. The van der Waals surface area contributed by atoms with Gasteiger partial charge in [0.1, 0.15) is 15.7 Å². The SMILES string of the molecule is CN1C(=O)C(NC(=O)NCCS(C)(=O)=O)N=C(c2ccccc2F)c2ccccc21. The number of aliphatic imine (C=N–C) groups is 1. The Morgan fingerprint density at radius 3 is 2.43 bits per heavy atom. The molecule has 1 aliphatic heterocycles. The summed E-state index contributed by atoms with van der Waals surface area (Å²) in [6.07, 6.45) is -0.270. The predicted octanol–water partition coefficient (Wildman–Crippen LogP) is 1.31. The van der Waals surface area contributed by atoms with Gasteiger partial charge in [-0.2, -0.15) is 0 Å². The van der Waals surface area contributed by atoms with Crippen molar-refractivity contribution in [3.63, 3.8) is 0 Å². The minimum absolute atomic E-state index is 0.120. The smallest absolute Gasteiger partial charge is 0.316 e. The molecule has 3 amide bonds. The highest BCUT2D eigenvalue weighted by Crippen LogP contribution is 2.27. The Balaban J connectivity index is 1.96. The monoisotopic (exact) mass is 432 g/mol. The highest BCUT2D eigenvalue weighted by atomic mass is 32.2. The van der Waals surface area contributed by atoms with E-state index in [1.54, 1.807) is 42.5 Å². The van der Waals surface area contributed by atoms with Crippen LogP contribution in [-0.4, -0.2) is 57.8 Å². The van der Waals surface area contributed by atoms with E-state index in [9.17, 15) is 22.4 Å². The third-order valence-electron chi connectivity index (χ3n) is 4.50. The topological polar surface area (TPSA) is 108 Å². The van der Waals surface area contributed by atoms with Crippen LogP contribution in [0.15, 0.2) is 53.5 Å². The Bertz CT molecular complexity index is 1120. The first kappa shape index (κ1) is 21.4. The Labute approximate surface area is 173 Å². The quantitative estimate of drug-likeness (QED) is 0.743. The molecule has 1 unspecified atom stereocenters. The van der Waals surface area contributed by atoms with Crippen LogP contribution in [0.1, 0.15) is 11.1 Å². The fourth-order valence-corrected chi connectivity index (χ4v) is 3.48. The van der Waals surface area contributed by atoms with Crippen LogP contribution >= 0.6 is 0 Å². The molecule has 0 aliphatic carbocycles. The number of urea groups is 1. The third-order valence-corrected chi connectivity index (χ3v) is 5.44. The minimum Gasteiger partial charge on any atom is -0.337 e. The predicted molar refractivity (Wildman–Crippen MR) is 112 cm³/mol. The van der Waals surface area contributed by atoms with Crippen LogP contribution in [0, 0.1) is 5.82 Å². The van der Waals surface area contributed by atoms with Gasteiger partial charge in [-0.3, -0.25) is 4.79 Å². The van der Waals surface area contributed by atoms with Crippen LogP contribution in [-0.2, 0) is 14.6 Å². The number of halogens is 1. The lowest BCUT2D eigenvalue weighted by atomic mass is 10.00. The third kappa shape index (κ3) is 4.82. The summed E-state index contributed by atoms with van der Waals surface area (Å²) in [6.45, 7) is -0.120. The van der Waals surface area contributed by atoms with Gasteiger partial charge in [-0.05, 0) is 18.2 Å². The number of amides is 3. The van der Waals surface area contributed by atoms with E-state index in [0.717, 1.165) is 6.26 Å². The second kappa shape index (κ2) is 8.62. The van der Waals surface area contributed by atoms with Crippen molar-refractivity contribution in [3.05, 3.63) is 65.5 Å². The average Bonchev–Trinajstić information content (AvgIpc) is 2.78. The lowest BCUT2D eigenvalue weighted by Gasteiger charge is -2.21. The fourth-order valence-electron chi connectivity index (χ4n) is 3.01. The molecule has 0 saturated carbocycles. The van der Waals surface area contributed by atoms with Gasteiger partial charge in [0, 0.05) is 31.0 Å². The van der Waals surface area contributed by atoms with E-state index in [-0.39, 0.29) is 23.6 Å². The van der Waals surface area contributed by atoms with Crippen LogP contribution in [0.3, 0.4) is 0 Å². The van der Waals surface area contributed by atoms with Gasteiger partial charge in [0.2, 0.25) is 6.17 Å². The van der Waals surface area contributed by atoms with Gasteiger partial charge in [0.25, 0.3) is 5.91 Å². The zero-order chi connectivity index (χ0) is 21.9. The summed E-state index contributed by atoms with van der Waals surface area (Å²) in [6, 6.07) is 12.2. The molecule has 1 heterocycles.